The van der Waals surface area contributed by atoms with Crippen LogP contribution in [0.15, 0.2) is 0 Å². The van der Waals surface area contributed by atoms with Crippen LogP contribution in [0.4, 0.5) is 13.2 Å². The minimum Gasteiger partial charge on any atom is -0.171 e. The van der Waals surface area contributed by atoms with Crippen LogP contribution in [-0.4, -0.2) is 12.9 Å². The Morgan fingerprint density at radius 2 is 1.70 bits per heavy atom. The molecule has 0 aromatic heterocycles. The van der Waals surface area contributed by atoms with Crippen molar-refractivity contribution in [3.8, 4) is 0 Å². The van der Waals surface area contributed by atoms with Crippen molar-refractivity contribution < 1.29 is 13.2 Å². The van der Waals surface area contributed by atoms with Gasteiger partial charge in [0.2, 0.25) is 0 Å². The highest BCUT2D eigenvalue weighted by Gasteiger charge is 2.41. The zero-order valence-corrected chi connectivity index (χ0v) is 7.82. The van der Waals surface area contributed by atoms with Gasteiger partial charge in [-0.1, -0.05) is 6.92 Å². The molecule has 0 heterocycles. The average molecular weight is 211 g/mol. The summed E-state index contributed by atoms with van der Waals surface area (Å²) in [6.45, 7) is -1.43. The molecule has 0 saturated heterocycles. The Bertz CT molecular complexity index is 112. The molecule has 0 bridgehead atoms. The molecule has 0 fully saturated rings. The highest BCUT2D eigenvalue weighted by molar-refractivity contribution is 7.45. The monoisotopic (exact) mass is 210 g/mol. The third-order valence-corrected chi connectivity index (χ3v) is 5.33. The number of alkyl halides is 3. The van der Waals surface area contributed by atoms with Crippen molar-refractivity contribution in [2.75, 3.05) is 0 Å². The van der Waals surface area contributed by atoms with Gasteiger partial charge in [0.05, 0.1) is 6.04 Å². The lowest BCUT2D eigenvalue weighted by molar-refractivity contribution is -0.110. The summed E-state index contributed by atoms with van der Waals surface area (Å²) < 4.78 is 34.8. The molecule has 10 heavy (non-hydrogen) atoms. The number of hydrogen-bond acceptors (Lipinski definition) is 0. The average Bonchev–Trinajstić information content (AvgIpc) is 1.60. The molecule has 0 saturated carbocycles. The Balaban J connectivity index is 3.89. The molecule has 0 radical (unpaired) electrons. The van der Waals surface area contributed by atoms with Crippen LogP contribution in [-0.2, 0) is 0 Å². The first-order chi connectivity index (χ1) is 4.27. The Hall–Kier alpha value is 0.587. The SMILES string of the molecule is CC[Si](Cl)(Cl)CC(F)(F)F. The zero-order chi connectivity index (χ0) is 8.41. The van der Waals surface area contributed by atoms with Crippen LogP contribution < -0.4 is 0 Å². The molecule has 0 aromatic carbocycles. The second kappa shape index (κ2) is 3.32. The van der Waals surface area contributed by atoms with Crippen molar-refractivity contribution in [1.82, 2.24) is 0 Å². The first kappa shape index (κ1) is 10.6. The van der Waals surface area contributed by atoms with Gasteiger partial charge in [-0.15, -0.1) is 22.2 Å². The fourth-order valence-corrected chi connectivity index (χ4v) is 2.16. The van der Waals surface area contributed by atoms with E-state index in [1.165, 1.54) is 0 Å². The van der Waals surface area contributed by atoms with Crippen molar-refractivity contribution in [3.05, 3.63) is 0 Å². The van der Waals surface area contributed by atoms with Gasteiger partial charge in [0, 0.05) is 0 Å². The Kier molecular flexibility index (Phi) is 3.52. The minimum absolute atomic E-state index is 0.232. The molecule has 0 aromatic rings. The zero-order valence-electron chi connectivity index (χ0n) is 5.30. The fourth-order valence-electron chi connectivity index (χ4n) is 0.418. The van der Waals surface area contributed by atoms with Gasteiger partial charge in [-0.2, -0.15) is 13.2 Å². The summed E-state index contributed by atoms with van der Waals surface area (Å²) in [6, 6.07) is -0.783. The fraction of sp³-hybridized carbons (Fsp3) is 1.00. The summed E-state index contributed by atoms with van der Waals surface area (Å²) >= 11 is 10.8. The second-order valence-corrected chi connectivity index (χ2v) is 9.70. The summed E-state index contributed by atoms with van der Waals surface area (Å²) in [5.41, 5.74) is 0. The predicted molar refractivity (Wildman–Crippen MR) is 38.8 cm³/mol. The molecular weight excluding hydrogens is 204 g/mol. The van der Waals surface area contributed by atoms with Gasteiger partial charge in [0.1, 0.15) is 0 Å². The molecule has 0 atom stereocenters. The molecule has 0 amide bonds. The lowest BCUT2D eigenvalue weighted by atomic mass is 10.8. The van der Waals surface area contributed by atoms with E-state index in [2.05, 4.69) is 0 Å². The van der Waals surface area contributed by atoms with Crippen LogP contribution in [0.1, 0.15) is 6.92 Å². The van der Waals surface area contributed by atoms with E-state index in [1.54, 1.807) is 6.92 Å². The molecule has 0 N–H and O–H groups in total. The first-order valence-corrected chi connectivity index (χ1v) is 7.15. The Morgan fingerprint density at radius 3 is 1.80 bits per heavy atom. The standard InChI is InChI=1S/C4H7Cl2F3Si/c1-2-10(5,6)3-4(7,8)9/h2-3H2,1H3. The van der Waals surface area contributed by atoms with Crippen LogP contribution in [0.5, 0.6) is 0 Å². The van der Waals surface area contributed by atoms with Crippen molar-refractivity contribution in [2.45, 2.75) is 25.2 Å². The molecule has 0 nitrogen and oxygen atoms in total. The van der Waals surface area contributed by atoms with Crippen LogP contribution in [0.25, 0.3) is 0 Å². The summed E-state index contributed by atoms with van der Waals surface area (Å²) in [7, 11) is 0. The van der Waals surface area contributed by atoms with E-state index in [4.69, 9.17) is 22.2 Å². The van der Waals surface area contributed by atoms with E-state index in [9.17, 15) is 13.2 Å². The van der Waals surface area contributed by atoms with Crippen LogP contribution in [0.2, 0.25) is 12.1 Å². The van der Waals surface area contributed by atoms with Gasteiger partial charge in [0.15, 0.2) is 0 Å². The van der Waals surface area contributed by atoms with E-state index in [0.717, 1.165) is 0 Å². The van der Waals surface area contributed by atoms with E-state index in [-0.39, 0.29) is 6.04 Å². The maximum absolute atomic E-state index is 11.6. The van der Waals surface area contributed by atoms with Gasteiger partial charge in [0.25, 0.3) is 6.69 Å². The van der Waals surface area contributed by atoms with Crippen LogP contribution in [0, 0.1) is 0 Å². The number of halogens is 5. The smallest absolute Gasteiger partial charge is 0.171 e. The van der Waals surface area contributed by atoms with Gasteiger partial charge in [-0.3, -0.25) is 0 Å². The Morgan fingerprint density at radius 1 is 1.30 bits per heavy atom. The molecule has 0 aliphatic heterocycles. The quantitative estimate of drug-likeness (QED) is 0.484. The largest absolute Gasteiger partial charge is 0.389 e. The highest BCUT2D eigenvalue weighted by atomic mass is 35.7. The van der Waals surface area contributed by atoms with Crippen LogP contribution in [0.3, 0.4) is 0 Å². The van der Waals surface area contributed by atoms with Crippen LogP contribution >= 0.6 is 22.2 Å². The lowest BCUT2D eigenvalue weighted by Gasteiger charge is -2.15. The van der Waals surface area contributed by atoms with Crippen molar-refractivity contribution >= 4 is 28.9 Å². The second-order valence-electron chi connectivity index (χ2n) is 2.00. The molecule has 0 spiro atoms. The highest BCUT2D eigenvalue weighted by Crippen LogP contribution is 2.34. The maximum atomic E-state index is 11.6. The molecule has 0 aliphatic rings. The summed E-state index contributed by atoms with van der Waals surface area (Å²) in [4.78, 5) is 0. The summed E-state index contributed by atoms with van der Waals surface area (Å²) in [6.07, 6.45) is -4.22. The first-order valence-electron chi connectivity index (χ1n) is 2.71. The van der Waals surface area contributed by atoms with Gasteiger partial charge in [-0.05, 0) is 6.04 Å². The lowest BCUT2D eigenvalue weighted by Crippen LogP contribution is -2.26. The molecule has 62 valence electrons. The van der Waals surface area contributed by atoms with E-state index >= 15 is 0 Å². The van der Waals surface area contributed by atoms with Gasteiger partial charge in [-0.25, -0.2) is 0 Å². The van der Waals surface area contributed by atoms with Crippen molar-refractivity contribution in [1.29, 1.82) is 0 Å². The minimum atomic E-state index is -4.22. The van der Waals surface area contributed by atoms with Crippen molar-refractivity contribution in [3.63, 3.8) is 0 Å². The molecule has 0 rings (SSSR count). The third kappa shape index (κ3) is 5.38. The molecule has 0 aliphatic carbocycles. The van der Waals surface area contributed by atoms with E-state index in [0.29, 0.717) is 0 Å². The molecule has 6 heteroatoms. The van der Waals surface area contributed by atoms with Crippen molar-refractivity contribution in [2.24, 2.45) is 0 Å². The molecular formula is C4H7Cl2F3Si. The summed E-state index contributed by atoms with van der Waals surface area (Å²) in [5, 5.41) is 0. The Labute approximate surface area is 67.7 Å². The third-order valence-electron chi connectivity index (χ3n) is 0.976. The van der Waals surface area contributed by atoms with E-state index < -0.39 is 18.9 Å². The topological polar surface area (TPSA) is 0 Å². The maximum Gasteiger partial charge on any atom is 0.389 e. The number of hydrogen-bond donors (Lipinski definition) is 0. The summed E-state index contributed by atoms with van der Waals surface area (Å²) in [5.74, 6) is 0. The van der Waals surface area contributed by atoms with Gasteiger partial charge < -0.3 is 0 Å². The number of rotatable bonds is 2. The van der Waals surface area contributed by atoms with E-state index in [1.807, 2.05) is 0 Å². The normalized spacial score (nSPS) is 13.8. The molecule has 0 unspecified atom stereocenters. The van der Waals surface area contributed by atoms with Gasteiger partial charge >= 0.3 is 6.18 Å². The predicted octanol–water partition coefficient (Wildman–Crippen LogP) is 3.49.